The van der Waals surface area contributed by atoms with Gasteiger partial charge >= 0.3 is 0 Å². The summed E-state index contributed by atoms with van der Waals surface area (Å²) in [4.78, 5) is 21.3. The number of carbonyl (C=O) groups excluding carboxylic acids is 1. The van der Waals surface area contributed by atoms with E-state index in [2.05, 4.69) is 15.3 Å². The van der Waals surface area contributed by atoms with Gasteiger partial charge < -0.3 is 15.2 Å². The van der Waals surface area contributed by atoms with Gasteiger partial charge in [0, 0.05) is 17.1 Å². The van der Waals surface area contributed by atoms with Crippen LogP contribution in [0.4, 0.5) is 0 Å². The molecule has 142 valence electrons. The van der Waals surface area contributed by atoms with Gasteiger partial charge in [0.25, 0.3) is 5.91 Å². The summed E-state index contributed by atoms with van der Waals surface area (Å²) in [6.07, 6.45) is 5.52. The molecule has 2 aliphatic carbocycles. The molecular weight excluding hydrogens is 366 g/mol. The number of hydrogen-bond donors (Lipinski definition) is 2. The minimum atomic E-state index is -0.783. The summed E-state index contributed by atoms with van der Waals surface area (Å²) in [6, 6.07) is 7.09. The number of benzene rings is 1. The number of carbonyl (C=O) groups is 1. The topological polar surface area (TPSA) is 84.3 Å². The van der Waals surface area contributed by atoms with E-state index in [1.54, 1.807) is 24.3 Å². The third kappa shape index (κ3) is 3.77. The average molecular weight is 388 g/mol. The summed E-state index contributed by atoms with van der Waals surface area (Å²) in [6.45, 7) is 0.255. The van der Waals surface area contributed by atoms with Crippen LogP contribution in [0.3, 0.4) is 0 Å². The predicted molar refractivity (Wildman–Crippen MR) is 102 cm³/mol. The summed E-state index contributed by atoms with van der Waals surface area (Å²) in [7, 11) is 1.51. The predicted octanol–water partition coefficient (Wildman–Crippen LogP) is 3.09. The Morgan fingerprint density at radius 1 is 1.26 bits per heavy atom. The summed E-state index contributed by atoms with van der Waals surface area (Å²) in [5.41, 5.74) is 0.635. The SMILES string of the molecule is COc1ncc(C(=O)NCC(O)(C2CC2)C2CC2)nc1-c1ccc(Cl)cc1. The molecule has 1 aromatic carbocycles. The van der Waals surface area contributed by atoms with E-state index >= 15 is 0 Å². The van der Waals surface area contributed by atoms with Crippen LogP contribution in [0.25, 0.3) is 11.3 Å². The third-order valence-corrected chi connectivity index (χ3v) is 5.64. The highest BCUT2D eigenvalue weighted by Crippen LogP contribution is 2.51. The van der Waals surface area contributed by atoms with Gasteiger partial charge in [0.1, 0.15) is 11.4 Å². The molecule has 4 rings (SSSR count). The molecule has 2 N–H and O–H groups in total. The highest BCUT2D eigenvalue weighted by atomic mass is 35.5. The van der Waals surface area contributed by atoms with Crippen LogP contribution in [0.15, 0.2) is 30.5 Å². The lowest BCUT2D eigenvalue weighted by molar-refractivity contribution is -0.00326. The number of hydrogen-bond acceptors (Lipinski definition) is 5. The Kier molecular flexibility index (Phi) is 4.78. The Morgan fingerprint density at radius 3 is 2.44 bits per heavy atom. The Morgan fingerprint density at radius 2 is 1.89 bits per heavy atom. The number of aromatic nitrogens is 2. The van der Waals surface area contributed by atoms with Crippen molar-refractivity contribution in [2.45, 2.75) is 31.3 Å². The van der Waals surface area contributed by atoms with Crippen molar-refractivity contribution in [3.8, 4) is 17.1 Å². The number of halogens is 1. The first kappa shape index (κ1) is 18.2. The molecular formula is C20H22ClN3O3. The second-order valence-electron chi connectivity index (χ2n) is 7.34. The second-order valence-corrected chi connectivity index (χ2v) is 7.78. The molecule has 2 aliphatic rings. The fourth-order valence-corrected chi connectivity index (χ4v) is 3.66. The molecule has 7 heteroatoms. The van der Waals surface area contributed by atoms with Gasteiger partial charge in [-0.05, 0) is 49.7 Å². The lowest BCUT2D eigenvalue weighted by atomic mass is 9.91. The first-order chi connectivity index (χ1) is 13.0. The molecule has 0 saturated heterocycles. The van der Waals surface area contributed by atoms with Gasteiger partial charge in [-0.2, -0.15) is 0 Å². The molecule has 1 heterocycles. The van der Waals surface area contributed by atoms with E-state index in [9.17, 15) is 9.90 Å². The molecule has 0 spiro atoms. The number of nitrogens with one attached hydrogen (secondary N) is 1. The quantitative estimate of drug-likeness (QED) is 0.762. The van der Waals surface area contributed by atoms with Crippen LogP contribution in [0.2, 0.25) is 5.02 Å². The van der Waals surface area contributed by atoms with Crippen molar-refractivity contribution < 1.29 is 14.6 Å². The molecule has 2 fully saturated rings. The van der Waals surface area contributed by atoms with Crippen LogP contribution in [0.5, 0.6) is 5.88 Å². The van der Waals surface area contributed by atoms with E-state index < -0.39 is 5.60 Å². The number of methoxy groups -OCH3 is 1. The number of ether oxygens (including phenoxy) is 1. The zero-order chi connectivity index (χ0) is 19.0. The van der Waals surface area contributed by atoms with Crippen molar-refractivity contribution in [2.24, 2.45) is 11.8 Å². The van der Waals surface area contributed by atoms with E-state index in [0.717, 1.165) is 31.2 Å². The van der Waals surface area contributed by atoms with E-state index in [-0.39, 0.29) is 18.1 Å². The zero-order valence-corrected chi connectivity index (χ0v) is 15.9. The summed E-state index contributed by atoms with van der Waals surface area (Å²) in [5, 5.41) is 14.4. The number of rotatable bonds is 7. The van der Waals surface area contributed by atoms with Crippen molar-refractivity contribution in [3.05, 3.63) is 41.2 Å². The monoisotopic (exact) mass is 387 g/mol. The fourth-order valence-electron chi connectivity index (χ4n) is 3.53. The zero-order valence-electron chi connectivity index (χ0n) is 15.1. The Hall–Kier alpha value is -2.18. The van der Waals surface area contributed by atoms with Crippen LogP contribution in [0.1, 0.15) is 36.2 Å². The van der Waals surface area contributed by atoms with Crippen LogP contribution in [-0.4, -0.2) is 40.2 Å². The molecule has 1 aromatic heterocycles. The minimum absolute atomic E-state index is 0.190. The smallest absolute Gasteiger partial charge is 0.271 e. The molecule has 0 radical (unpaired) electrons. The second kappa shape index (κ2) is 7.09. The Labute approximate surface area is 162 Å². The van der Waals surface area contributed by atoms with Gasteiger partial charge in [-0.1, -0.05) is 23.7 Å². The Balaban J connectivity index is 1.53. The summed E-state index contributed by atoms with van der Waals surface area (Å²) >= 11 is 5.94. The van der Waals surface area contributed by atoms with Crippen LogP contribution < -0.4 is 10.1 Å². The van der Waals surface area contributed by atoms with Gasteiger partial charge in [-0.25, -0.2) is 9.97 Å². The van der Waals surface area contributed by atoms with E-state index in [1.165, 1.54) is 13.3 Å². The van der Waals surface area contributed by atoms with Crippen LogP contribution in [0, 0.1) is 11.8 Å². The van der Waals surface area contributed by atoms with E-state index in [1.807, 2.05) is 0 Å². The number of aliphatic hydroxyl groups is 1. The number of amides is 1. The molecule has 2 saturated carbocycles. The maximum Gasteiger partial charge on any atom is 0.271 e. The van der Waals surface area contributed by atoms with Crippen molar-refractivity contribution in [1.82, 2.24) is 15.3 Å². The molecule has 1 amide bonds. The van der Waals surface area contributed by atoms with E-state index in [0.29, 0.717) is 28.4 Å². The van der Waals surface area contributed by atoms with Crippen molar-refractivity contribution in [2.75, 3.05) is 13.7 Å². The molecule has 0 bridgehead atoms. The average Bonchev–Trinajstić information content (AvgIpc) is 3.58. The van der Waals surface area contributed by atoms with Gasteiger partial charge in [0.15, 0.2) is 0 Å². The maximum absolute atomic E-state index is 12.6. The molecule has 2 aromatic rings. The first-order valence-corrected chi connectivity index (χ1v) is 9.56. The fraction of sp³-hybridized carbons (Fsp3) is 0.450. The molecule has 0 atom stereocenters. The standard InChI is InChI=1S/C20H22ClN3O3/c1-27-19-17(12-2-8-15(21)9-3-12)24-16(10-22-19)18(25)23-11-20(26,13-4-5-13)14-6-7-14/h2-3,8-10,13-14,26H,4-7,11H2,1H3,(H,23,25). The van der Waals surface area contributed by atoms with Gasteiger partial charge in [-0.15, -0.1) is 0 Å². The van der Waals surface area contributed by atoms with E-state index in [4.69, 9.17) is 16.3 Å². The summed E-state index contributed by atoms with van der Waals surface area (Å²) in [5.74, 6) is 0.593. The summed E-state index contributed by atoms with van der Waals surface area (Å²) < 4.78 is 5.28. The van der Waals surface area contributed by atoms with Gasteiger partial charge in [0.05, 0.1) is 18.9 Å². The molecule has 6 nitrogen and oxygen atoms in total. The van der Waals surface area contributed by atoms with Gasteiger partial charge in [0.2, 0.25) is 5.88 Å². The van der Waals surface area contributed by atoms with Gasteiger partial charge in [-0.3, -0.25) is 4.79 Å². The normalized spacial score (nSPS) is 16.9. The van der Waals surface area contributed by atoms with Crippen molar-refractivity contribution in [3.63, 3.8) is 0 Å². The lowest BCUT2D eigenvalue weighted by Crippen LogP contribution is -2.46. The number of nitrogens with zero attached hydrogens (tertiary/aromatic N) is 2. The molecule has 0 aliphatic heterocycles. The molecule has 0 unspecified atom stereocenters. The highest BCUT2D eigenvalue weighted by Gasteiger charge is 2.53. The minimum Gasteiger partial charge on any atom is -0.479 e. The molecule has 27 heavy (non-hydrogen) atoms. The van der Waals surface area contributed by atoms with Crippen molar-refractivity contribution in [1.29, 1.82) is 0 Å². The first-order valence-electron chi connectivity index (χ1n) is 9.19. The Bertz CT molecular complexity index is 836. The lowest BCUT2D eigenvalue weighted by Gasteiger charge is -2.28. The van der Waals surface area contributed by atoms with Crippen LogP contribution in [-0.2, 0) is 0 Å². The third-order valence-electron chi connectivity index (χ3n) is 5.38. The van der Waals surface area contributed by atoms with Crippen LogP contribution >= 0.6 is 11.6 Å². The largest absolute Gasteiger partial charge is 0.479 e. The van der Waals surface area contributed by atoms with Crippen molar-refractivity contribution >= 4 is 17.5 Å². The highest BCUT2D eigenvalue weighted by molar-refractivity contribution is 6.30. The maximum atomic E-state index is 12.6.